The highest BCUT2D eigenvalue weighted by Crippen LogP contribution is 2.20. The predicted molar refractivity (Wildman–Crippen MR) is 111 cm³/mol. The molecule has 29 heavy (non-hydrogen) atoms. The Kier molecular flexibility index (Phi) is 6.54. The number of amides is 1. The van der Waals surface area contributed by atoms with Gasteiger partial charge in [0.15, 0.2) is 0 Å². The Morgan fingerprint density at radius 2 is 1.76 bits per heavy atom. The van der Waals surface area contributed by atoms with Gasteiger partial charge in [-0.2, -0.15) is 4.31 Å². The van der Waals surface area contributed by atoms with E-state index in [-0.39, 0.29) is 23.4 Å². The number of nitrogens with one attached hydrogen (secondary N) is 1. The summed E-state index contributed by atoms with van der Waals surface area (Å²) in [5, 5.41) is 2.86. The first-order chi connectivity index (χ1) is 13.8. The molecule has 1 aliphatic heterocycles. The lowest BCUT2D eigenvalue weighted by molar-refractivity contribution is -0.122. The lowest BCUT2D eigenvalue weighted by atomic mass is 10.1. The van der Waals surface area contributed by atoms with Crippen LogP contribution in [0.1, 0.15) is 43.9 Å². The van der Waals surface area contributed by atoms with Gasteiger partial charge in [-0.05, 0) is 43.4 Å². The van der Waals surface area contributed by atoms with Crippen molar-refractivity contribution in [1.29, 1.82) is 0 Å². The van der Waals surface area contributed by atoms with Crippen molar-refractivity contribution in [1.82, 2.24) is 14.2 Å². The van der Waals surface area contributed by atoms with Gasteiger partial charge in [0.25, 0.3) is 5.56 Å². The molecule has 1 saturated heterocycles. The molecule has 3 rings (SSSR count). The molecule has 1 aromatic carbocycles. The molecule has 1 N–H and O–H groups in total. The van der Waals surface area contributed by atoms with Crippen LogP contribution in [-0.4, -0.2) is 36.3 Å². The van der Waals surface area contributed by atoms with E-state index < -0.39 is 15.6 Å². The van der Waals surface area contributed by atoms with E-state index in [9.17, 15) is 18.0 Å². The molecule has 1 aliphatic rings. The van der Waals surface area contributed by atoms with Crippen molar-refractivity contribution in [3.63, 3.8) is 0 Å². The predicted octanol–water partition coefficient (Wildman–Crippen LogP) is 2.07. The second-order valence-corrected chi connectivity index (χ2v) is 9.26. The molecule has 0 saturated carbocycles. The molecule has 0 radical (unpaired) electrons. The van der Waals surface area contributed by atoms with E-state index in [1.54, 1.807) is 0 Å². The van der Waals surface area contributed by atoms with E-state index in [4.69, 9.17) is 0 Å². The van der Waals surface area contributed by atoms with Crippen molar-refractivity contribution in [3.8, 4) is 0 Å². The van der Waals surface area contributed by atoms with Crippen molar-refractivity contribution in [3.05, 3.63) is 64.1 Å². The molecule has 1 aromatic heterocycles. The molecule has 2 heterocycles. The van der Waals surface area contributed by atoms with Gasteiger partial charge in [0.1, 0.15) is 6.54 Å². The number of pyridine rings is 1. The Morgan fingerprint density at radius 1 is 1.10 bits per heavy atom. The minimum absolute atomic E-state index is 0.0370. The Bertz CT molecular complexity index is 1020. The number of nitrogens with zero attached hydrogens (tertiary/aromatic N) is 2. The SMILES string of the molecule is CCc1ccc([C@H](C)NC(=O)Cn2cc(S(=O)(=O)N3CCCC3)ccc2=O)cc1. The molecule has 0 bridgehead atoms. The summed E-state index contributed by atoms with van der Waals surface area (Å²) in [6, 6.07) is 10.3. The van der Waals surface area contributed by atoms with Gasteiger partial charge in [0.05, 0.1) is 10.9 Å². The number of carbonyl (C=O) groups excluding carboxylic acids is 1. The lowest BCUT2D eigenvalue weighted by Gasteiger charge is -2.17. The molecular formula is C21H27N3O4S. The normalized spacial score (nSPS) is 15.9. The molecule has 1 atom stereocenters. The standard InChI is InChI=1S/C21H27N3O4S/c1-3-17-6-8-18(9-7-17)16(2)22-20(25)15-23-14-19(10-11-21(23)26)29(27,28)24-12-4-5-13-24/h6-11,14,16H,3-5,12-13,15H2,1-2H3,(H,22,25)/t16-/m0/s1. The molecule has 0 unspecified atom stereocenters. The van der Waals surface area contributed by atoms with E-state index in [1.165, 1.54) is 28.2 Å². The van der Waals surface area contributed by atoms with Crippen molar-refractivity contribution >= 4 is 15.9 Å². The van der Waals surface area contributed by atoms with Crippen LogP contribution >= 0.6 is 0 Å². The van der Waals surface area contributed by atoms with Crippen LogP contribution in [0, 0.1) is 0 Å². The first-order valence-corrected chi connectivity index (χ1v) is 11.3. The van der Waals surface area contributed by atoms with E-state index in [0.717, 1.165) is 29.4 Å². The summed E-state index contributed by atoms with van der Waals surface area (Å²) < 4.78 is 28.0. The first-order valence-electron chi connectivity index (χ1n) is 9.90. The van der Waals surface area contributed by atoms with E-state index in [2.05, 4.69) is 12.2 Å². The number of hydrogen-bond donors (Lipinski definition) is 1. The summed E-state index contributed by atoms with van der Waals surface area (Å²) in [5.74, 6) is -0.352. The number of carbonyl (C=O) groups is 1. The number of aryl methyl sites for hydroxylation is 1. The molecule has 0 aliphatic carbocycles. The largest absolute Gasteiger partial charge is 0.348 e. The van der Waals surface area contributed by atoms with E-state index >= 15 is 0 Å². The van der Waals surface area contributed by atoms with Crippen molar-refractivity contribution in [2.45, 2.75) is 50.6 Å². The minimum Gasteiger partial charge on any atom is -0.348 e. The highest BCUT2D eigenvalue weighted by Gasteiger charge is 2.27. The summed E-state index contributed by atoms with van der Waals surface area (Å²) in [6.45, 7) is 4.68. The van der Waals surface area contributed by atoms with E-state index in [1.807, 2.05) is 31.2 Å². The maximum atomic E-state index is 12.7. The smallest absolute Gasteiger partial charge is 0.251 e. The van der Waals surface area contributed by atoms with Crippen LogP contribution in [0.25, 0.3) is 0 Å². The van der Waals surface area contributed by atoms with Gasteiger partial charge in [-0.1, -0.05) is 31.2 Å². The fourth-order valence-corrected chi connectivity index (χ4v) is 4.97. The molecular weight excluding hydrogens is 390 g/mol. The minimum atomic E-state index is -3.64. The lowest BCUT2D eigenvalue weighted by Crippen LogP contribution is -2.34. The Morgan fingerprint density at radius 3 is 2.38 bits per heavy atom. The molecule has 156 valence electrons. The third-order valence-corrected chi connectivity index (χ3v) is 7.12. The number of aromatic nitrogens is 1. The fourth-order valence-electron chi connectivity index (χ4n) is 3.43. The Labute approximate surface area is 171 Å². The van der Waals surface area contributed by atoms with Gasteiger partial charge in [0, 0.05) is 25.4 Å². The average molecular weight is 418 g/mol. The third-order valence-electron chi connectivity index (χ3n) is 5.24. The number of rotatable bonds is 7. The fraction of sp³-hybridized carbons (Fsp3) is 0.429. The van der Waals surface area contributed by atoms with Crippen LogP contribution in [0.4, 0.5) is 0 Å². The van der Waals surface area contributed by atoms with Crippen molar-refractivity contribution in [2.75, 3.05) is 13.1 Å². The highest BCUT2D eigenvalue weighted by atomic mass is 32.2. The second kappa shape index (κ2) is 8.92. The summed E-state index contributed by atoms with van der Waals surface area (Å²) in [5.41, 5.74) is 1.77. The number of sulfonamides is 1. The van der Waals surface area contributed by atoms with Crippen LogP contribution in [0.3, 0.4) is 0 Å². The zero-order chi connectivity index (χ0) is 21.0. The van der Waals surface area contributed by atoms with Gasteiger partial charge in [-0.15, -0.1) is 0 Å². The van der Waals surface area contributed by atoms with Gasteiger partial charge in [0.2, 0.25) is 15.9 Å². The molecule has 1 fully saturated rings. The maximum Gasteiger partial charge on any atom is 0.251 e. The third kappa shape index (κ3) is 4.94. The van der Waals surface area contributed by atoms with Crippen LogP contribution < -0.4 is 10.9 Å². The van der Waals surface area contributed by atoms with E-state index in [0.29, 0.717) is 13.1 Å². The highest BCUT2D eigenvalue weighted by molar-refractivity contribution is 7.89. The van der Waals surface area contributed by atoms with Crippen LogP contribution in [-0.2, 0) is 27.8 Å². The van der Waals surface area contributed by atoms with Crippen LogP contribution in [0.15, 0.2) is 52.3 Å². The van der Waals surface area contributed by atoms with Gasteiger partial charge < -0.3 is 9.88 Å². The molecule has 1 amide bonds. The summed E-state index contributed by atoms with van der Waals surface area (Å²) >= 11 is 0. The first kappa shape index (κ1) is 21.3. The topological polar surface area (TPSA) is 88.5 Å². The Hall–Kier alpha value is -2.45. The molecule has 0 spiro atoms. The van der Waals surface area contributed by atoms with Gasteiger partial charge in [-0.25, -0.2) is 8.42 Å². The van der Waals surface area contributed by atoms with Gasteiger partial charge >= 0.3 is 0 Å². The maximum absolute atomic E-state index is 12.7. The average Bonchev–Trinajstić information content (AvgIpc) is 3.25. The zero-order valence-corrected chi connectivity index (χ0v) is 17.6. The zero-order valence-electron chi connectivity index (χ0n) is 16.8. The van der Waals surface area contributed by atoms with Gasteiger partial charge in [-0.3, -0.25) is 9.59 Å². The second-order valence-electron chi connectivity index (χ2n) is 7.33. The van der Waals surface area contributed by atoms with Crippen molar-refractivity contribution < 1.29 is 13.2 Å². The number of benzene rings is 1. The molecule has 2 aromatic rings. The van der Waals surface area contributed by atoms with Crippen molar-refractivity contribution in [2.24, 2.45) is 0 Å². The quantitative estimate of drug-likeness (QED) is 0.747. The molecule has 7 nitrogen and oxygen atoms in total. The molecule has 8 heteroatoms. The monoisotopic (exact) mass is 417 g/mol. The van der Waals surface area contributed by atoms with Crippen LogP contribution in [0.5, 0.6) is 0 Å². The summed E-state index contributed by atoms with van der Waals surface area (Å²) in [6.07, 6.45) is 3.87. The van der Waals surface area contributed by atoms with Crippen LogP contribution in [0.2, 0.25) is 0 Å². The summed E-state index contributed by atoms with van der Waals surface area (Å²) in [4.78, 5) is 24.7. The number of hydrogen-bond acceptors (Lipinski definition) is 4. The summed E-state index contributed by atoms with van der Waals surface area (Å²) in [7, 11) is -3.64. The Balaban J connectivity index is 1.71.